The van der Waals surface area contributed by atoms with Crippen molar-refractivity contribution in [2.45, 2.75) is 45.6 Å². The predicted molar refractivity (Wildman–Crippen MR) is 87.5 cm³/mol. The molecule has 0 aromatic heterocycles. The fraction of sp³-hybridized carbons (Fsp3) is 0.500. The van der Waals surface area contributed by atoms with Crippen molar-refractivity contribution in [1.82, 2.24) is 5.32 Å². The summed E-state index contributed by atoms with van der Waals surface area (Å²) in [4.78, 5) is 11.7. The standard InChI is InChI=1S/C18H27NO2/c1-5-11-19-17(13-18(20)21-6-2)12-15-7-9-16(10-8-15)14(3)4/h5,7-10,14,17,19H,1,6,11-13H2,2-4H3. The molecular weight excluding hydrogens is 262 g/mol. The molecule has 1 unspecified atom stereocenters. The van der Waals surface area contributed by atoms with E-state index < -0.39 is 0 Å². The summed E-state index contributed by atoms with van der Waals surface area (Å²) in [7, 11) is 0. The molecule has 0 fully saturated rings. The van der Waals surface area contributed by atoms with Crippen molar-refractivity contribution in [1.29, 1.82) is 0 Å². The first kappa shape index (κ1) is 17.4. The molecule has 0 saturated carbocycles. The molecule has 0 bridgehead atoms. The van der Waals surface area contributed by atoms with E-state index in [9.17, 15) is 4.79 Å². The Morgan fingerprint density at radius 3 is 2.52 bits per heavy atom. The number of benzene rings is 1. The molecule has 0 heterocycles. The van der Waals surface area contributed by atoms with Crippen LogP contribution in [0.1, 0.15) is 44.2 Å². The van der Waals surface area contributed by atoms with Crippen molar-refractivity contribution in [3.63, 3.8) is 0 Å². The molecule has 0 aliphatic rings. The molecule has 0 aliphatic carbocycles. The molecule has 0 amide bonds. The molecule has 116 valence electrons. The minimum atomic E-state index is -0.155. The van der Waals surface area contributed by atoms with Gasteiger partial charge >= 0.3 is 5.97 Å². The molecule has 3 heteroatoms. The van der Waals surface area contributed by atoms with Crippen molar-refractivity contribution in [3.8, 4) is 0 Å². The lowest BCUT2D eigenvalue weighted by Gasteiger charge is -2.17. The van der Waals surface area contributed by atoms with Crippen LogP contribution in [0.4, 0.5) is 0 Å². The van der Waals surface area contributed by atoms with Crippen molar-refractivity contribution in [3.05, 3.63) is 48.0 Å². The Morgan fingerprint density at radius 2 is 2.00 bits per heavy atom. The summed E-state index contributed by atoms with van der Waals surface area (Å²) >= 11 is 0. The highest BCUT2D eigenvalue weighted by atomic mass is 16.5. The summed E-state index contributed by atoms with van der Waals surface area (Å²) in [6.07, 6.45) is 3.00. The van der Waals surface area contributed by atoms with Gasteiger partial charge in [0.1, 0.15) is 0 Å². The Balaban J connectivity index is 2.65. The smallest absolute Gasteiger partial charge is 0.307 e. The summed E-state index contributed by atoms with van der Waals surface area (Å²) in [5, 5.41) is 3.33. The Bertz CT molecular complexity index is 437. The minimum Gasteiger partial charge on any atom is -0.466 e. The number of nitrogens with one attached hydrogen (secondary N) is 1. The number of rotatable bonds is 9. The summed E-state index contributed by atoms with van der Waals surface area (Å²) in [6, 6.07) is 8.68. The molecule has 21 heavy (non-hydrogen) atoms. The van der Waals surface area contributed by atoms with Gasteiger partial charge in [-0.15, -0.1) is 6.58 Å². The van der Waals surface area contributed by atoms with Crippen LogP contribution >= 0.6 is 0 Å². The van der Waals surface area contributed by atoms with Crippen molar-refractivity contribution in [2.24, 2.45) is 0 Å². The average Bonchev–Trinajstić information content (AvgIpc) is 2.45. The van der Waals surface area contributed by atoms with E-state index >= 15 is 0 Å². The van der Waals surface area contributed by atoms with Crippen LogP contribution in [0, 0.1) is 0 Å². The molecule has 0 radical (unpaired) electrons. The van der Waals surface area contributed by atoms with Crippen LogP contribution in [0.5, 0.6) is 0 Å². The lowest BCUT2D eigenvalue weighted by molar-refractivity contribution is -0.143. The lowest BCUT2D eigenvalue weighted by Crippen LogP contribution is -2.34. The van der Waals surface area contributed by atoms with Gasteiger partial charge in [0.15, 0.2) is 0 Å². The summed E-state index contributed by atoms with van der Waals surface area (Å²) < 4.78 is 5.04. The quantitative estimate of drug-likeness (QED) is 0.559. The molecule has 3 nitrogen and oxygen atoms in total. The van der Waals surface area contributed by atoms with Gasteiger partial charge in [-0.25, -0.2) is 0 Å². The normalized spacial score (nSPS) is 12.2. The van der Waals surface area contributed by atoms with Crippen molar-refractivity contribution >= 4 is 5.97 Å². The summed E-state index contributed by atoms with van der Waals surface area (Å²) in [6.45, 7) is 11.0. The molecule has 1 aromatic carbocycles. The Morgan fingerprint density at radius 1 is 1.33 bits per heavy atom. The first-order chi connectivity index (χ1) is 10.1. The van der Waals surface area contributed by atoms with Gasteiger partial charge in [0.2, 0.25) is 0 Å². The maximum atomic E-state index is 11.7. The van der Waals surface area contributed by atoms with Crippen LogP contribution in [0.2, 0.25) is 0 Å². The second kappa shape index (κ2) is 9.35. The average molecular weight is 289 g/mol. The summed E-state index contributed by atoms with van der Waals surface area (Å²) in [5.41, 5.74) is 2.56. The zero-order valence-corrected chi connectivity index (χ0v) is 13.4. The van der Waals surface area contributed by atoms with Gasteiger partial charge < -0.3 is 10.1 Å². The molecule has 0 aliphatic heterocycles. The number of carbonyl (C=O) groups excluding carboxylic acids is 1. The van der Waals surface area contributed by atoms with Crippen molar-refractivity contribution in [2.75, 3.05) is 13.2 Å². The van der Waals surface area contributed by atoms with E-state index in [0.717, 1.165) is 6.42 Å². The minimum absolute atomic E-state index is 0.0759. The largest absolute Gasteiger partial charge is 0.466 e. The fourth-order valence-corrected chi connectivity index (χ4v) is 2.21. The van der Waals surface area contributed by atoms with Crippen molar-refractivity contribution < 1.29 is 9.53 Å². The molecule has 1 aromatic rings. The van der Waals surface area contributed by atoms with Crippen LogP contribution in [-0.2, 0) is 16.0 Å². The first-order valence-electron chi connectivity index (χ1n) is 7.65. The molecule has 1 atom stereocenters. The zero-order valence-electron chi connectivity index (χ0n) is 13.4. The molecular formula is C18H27NO2. The lowest BCUT2D eigenvalue weighted by atomic mass is 9.98. The number of ether oxygens (including phenoxy) is 1. The maximum absolute atomic E-state index is 11.7. The SMILES string of the molecule is C=CCNC(CC(=O)OCC)Cc1ccc(C(C)C)cc1. The molecule has 0 saturated heterocycles. The third-order valence-corrected chi connectivity index (χ3v) is 3.40. The molecule has 1 N–H and O–H groups in total. The van der Waals surface area contributed by atoms with E-state index in [4.69, 9.17) is 4.74 Å². The summed E-state index contributed by atoms with van der Waals surface area (Å²) in [5.74, 6) is 0.381. The number of hydrogen-bond acceptors (Lipinski definition) is 3. The van der Waals surface area contributed by atoms with E-state index in [0.29, 0.717) is 25.5 Å². The van der Waals surface area contributed by atoms with E-state index in [-0.39, 0.29) is 12.0 Å². The topological polar surface area (TPSA) is 38.3 Å². The van der Waals surface area contributed by atoms with Gasteiger partial charge in [-0.1, -0.05) is 44.2 Å². The second-order valence-corrected chi connectivity index (χ2v) is 5.50. The number of hydrogen-bond donors (Lipinski definition) is 1. The monoisotopic (exact) mass is 289 g/mol. The maximum Gasteiger partial charge on any atom is 0.307 e. The Kier molecular flexibility index (Phi) is 7.76. The first-order valence-corrected chi connectivity index (χ1v) is 7.65. The third-order valence-electron chi connectivity index (χ3n) is 3.40. The Hall–Kier alpha value is -1.61. The zero-order chi connectivity index (χ0) is 15.7. The van der Waals surface area contributed by atoms with Crippen LogP contribution in [0.15, 0.2) is 36.9 Å². The van der Waals surface area contributed by atoms with Gasteiger partial charge in [-0.3, -0.25) is 4.79 Å². The van der Waals surface area contributed by atoms with Gasteiger partial charge in [0.05, 0.1) is 13.0 Å². The molecule has 1 rings (SSSR count). The van der Waals surface area contributed by atoms with Gasteiger partial charge in [-0.2, -0.15) is 0 Å². The second-order valence-electron chi connectivity index (χ2n) is 5.50. The highest BCUT2D eigenvalue weighted by molar-refractivity contribution is 5.70. The third kappa shape index (κ3) is 6.58. The van der Waals surface area contributed by atoms with Crippen LogP contribution in [0.3, 0.4) is 0 Å². The van der Waals surface area contributed by atoms with Gasteiger partial charge in [0, 0.05) is 12.6 Å². The van der Waals surface area contributed by atoms with E-state index in [2.05, 4.69) is 50.0 Å². The van der Waals surface area contributed by atoms with Crippen LogP contribution in [-0.4, -0.2) is 25.2 Å². The number of esters is 1. The van der Waals surface area contributed by atoms with Crippen LogP contribution in [0.25, 0.3) is 0 Å². The molecule has 0 spiro atoms. The van der Waals surface area contributed by atoms with Crippen LogP contribution < -0.4 is 5.32 Å². The fourth-order valence-electron chi connectivity index (χ4n) is 2.21. The van der Waals surface area contributed by atoms with Gasteiger partial charge in [0.25, 0.3) is 0 Å². The predicted octanol–water partition coefficient (Wildman–Crippen LogP) is 3.45. The van der Waals surface area contributed by atoms with E-state index in [1.54, 1.807) is 6.08 Å². The highest BCUT2D eigenvalue weighted by Crippen LogP contribution is 2.16. The van der Waals surface area contributed by atoms with E-state index in [1.807, 2.05) is 6.92 Å². The number of carbonyl (C=O) groups is 1. The highest BCUT2D eigenvalue weighted by Gasteiger charge is 2.14. The van der Waals surface area contributed by atoms with Gasteiger partial charge in [-0.05, 0) is 30.4 Å². The Labute approximate surface area is 128 Å². The van der Waals surface area contributed by atoms with E-state index in [1.165, 1.54) is 11.1 Å².